The van der Waals surface area contributed by atoms with Crippen molar-refractivity contribution in [1.82, 2.24) is 5.32 Å². The van der Waals surface area contributed by atoms with E-state index in [4.69, 9.17) is 9.47 Å². The highest BCUT2D eigenvalue weighted by atomic mass is 16.5. The van der Waals surface area contributed by atoms with Crippen LogP contribution in [-0.4, -0.2) is 19.6 Å². The summed E-state index contributed by atoms with van der Waals surface area (Å²) in [6, 6.07) is 9.95. The Morgan fingerprint density at radius 3 is 2.65 bits per heavy atom. The number of hydrogen-bond acceptors (Lipinski definition) is 2. The largest absolute Gasteiger partial charge is 0.361 e. The van der Waals surface area contributed by atoms with Gasteiger partial charge in [0.1, 0.15) is 13.0 Å². The van der Waals surface area contributed by atoms with Crippen molar-refractivity contribution < 1.29 is 9.47 Å². The molecule has 3 nitrogen and oxygen atoms in total. The Morgan fingerprint density at radius 2 is 2.00 bits per heavy atom. The highest BCUT2D eigenvalue weighted by Gasteiger charge is 2.04. The molecule has 1 radical (unpaired) electrons. The maximum absolute atomic E-state index is 5.57. The van der Waals surface area contributed by atoms with E-state index in [2.05, 4.69) is 18.5 Å². The van der Waals surface area contributed by atoms with Crippen molar-refractivity contribution in [3.63, 3.8) is 0 Å². The van der Waals surface area contributed by atoms with Crippen molar-refractivity contribution in [2.24, 2.45) is 0 Å². The molecule has 17 heavy (non-hydrogen) atoms. The lowest BCUT2D eigenvalue weighted by atomic mass is 10.2. The molecule has 0 aliphatic carbocycles. The Bertz CT molecular complexity index is 324. The topological polar surface area (TPSA) is 32.6 Å². The SMILES string of the molecule is C=CCOC[N]C(C=C)OCc1ccccc1. The second-order valence-corrected chi connectivity index (χ2v) is 3.39. The zero-order valence-electron chi connectivity index (χ0n) is 9.92. The highest BCUT2D eigenvalue weighted by molar-refractivity contribution is 5.13. The maximum Gasteiger partial charge on any atom is 0.144 e. The Balaban J connectivity index is 2.22. The molecule has 1 atom stereocenters. The van der Waals surface area contributed by atoms with Crippen LogP contribution in [0, 0.1) is 0 Å². The number of ether oxygens (including phenoxy) is 2. The van der Waals surface area contributed by atoms with E-state index in [0.717, 1.165) is 5.56 Å². The molecule has 1 rings (SSSR count). The van der Waals surface area contributed by atoms with E-state index in [9.17, 15) is 0 Å². The molecule has 0 aliphatic rings. The van der Waals surface area contributed by atoms with Gasteiger partial charge in [-0.05, 0) is 11.6 Å². The zero-order valence-corrected chi connectivity index (χ0v) is 9.92. The third-order valence-electron chi connectivity index (χ3n) is 2.05. The second-order valence-electron chi connectivity index (χ2n) is 3.39. The first-order chi connectivity index (χ1) is 8.36. The summed E-state index contributed by atoms with van der Waals surface area (Å²) in [5.41, 5.74) is 1.11. The molecular formula is C14H18NO2. The summed E-state index contributed by atoms with van der Waals surface area (Å²) in [5.74, 6) is 0. The molecule has 0 bridgehead atoms. The molecule has 0 heterocycles. The normalized spacial score (nSPS) is 12.0. The zero-order chi connectivity index (χ0) is 12.3. The average molecular weight is 232 g/mol. The fourth-order valence-corrected chi connectivity index (χ4v) is 1.21. The molecule has 0 saturated heterocycles. The first-order valence-corrected chi connectivity index (χ1v) is 5.50. The predicted octanol–water partition coefficient (Wildman–Crippen LogP) is 2.48. The Labute approximate surface area is 103 Å². The van der Waals surface area contributed by atoms with Gasteiger partial charge in [-0.25, -0.2) is 0 Å². The van der Waals surface area contributed by atoms with Gasteiger partial charge >= 0.3 is 0 Å². The molecule has 0 aliphatic heterocycles. The molecule has 0 N–H and O–H groups in total. The van der Waals surface area contributed by atoms with Crippen molar-refractivity contribution in [3.8, 4) is 0 Å². The molecule has 0 saturated carbocycles. The first-order valence-electron chi connectivity index (χ1n) is 5.50. The van der Waals surface area contributed by atoms with Crippen LogP contribution in [0.2, 0.25) is 0 Å². The van der Waals surface area contributed by atoms with Crippen LogP contribution in [0.5, 0.6) is 0 Å². The minimum absolute atomic E-state index is 0.289. The standard InChI is InChI=1S/C14H18NO2/c1-3-10-16-12-15-14(4-2)17-11-13-8-6-5-7-9-13/h3-9,14H,1-2,10-12H2. The summed E-state index contributed by atoms with van der Waals surface area (Å²) in [6.45, 7) is 8.53. The fourth-order valence-electron chi connectivity index (χ4n) is 1.21. The second kappa shape index (κ2) is 8.70. The molecule has 1 aromatic carbocycles. The van der Waals surface area contributed by atoms with Crippen molar-refractivity contribution in [2.75, 3.05) is 13.3 Å². The third-order valence-corrected chi connectivity index (χ3v) is 2.05. The molecule has 91 valence electrons. The number of hydrogen-bond donors (Lipinski definition) is 0. The first kappa shape index (κ1) is 13.6. The molecule has 0 aromatic heterocycles. The minimum Gasteiger partial charge on any atom is -0.361 e. The van der Waals surface area contributed by atoms with E-state index in [-0.39, 0.29) is 13.0 Å². The van der Waals surface area contributed by atoms with E-state index >= 15 is 0 Å². The summed E-state index contributed by atoms with van der Waals surface area (Å²) in [6.07, 6.45) is 3.00. The smallest absolute Gasteiger partial charge is 0.144 e. The lowest BCUT2D eigenvalue weighted by Gasteiger charge is -2.13. The molecule has 1 unspecified atom stereocenters. The summed E-state index contributed by atoms with van der Waals surface area (Å²) in [4.78, 5) is 0. The number of rotatable bonds is 9. The molecule has 0 fully saturated rings. The molecule has 0 amide bonds. The van der Waals surface area contributed by atoms with Gasteiger partial charge in [-0.15, -0.1) is 6.58 Å². The Hall–Kier alpha value is -1.42. The summed E-state index contributed by atoms with van der Waals surface area (Å²) < 4.78 is 10.7. The van der Waals surface area contributed by atoms with Gasteiger partial charge in [0, 0.05) is 0 Å². The number of nitrogens with zero attached hydrogens (tertiary/aromatic N) is 1. The van der Waals surface area contributed by atoms with Crippen LogP contribution in [0.25, 0.3) is 0 Å². The van der Waals surface area contributed by atoms with Gasteiger partial charge in [0.15, 0.2) is 0 Å². The van der Waals surface area contributed by atoms with Crippen molar-refractivity contribution in [1.29, 1.82) is 0 Å². The van der Waals surface area contributed by atoms with Crippen LogP contribution in [-0.2, 0) is 16.1 Å². The molecule has 3 heteroatoms. The van der Waals surface area contributed by atoms with E-state index in [1.165, 1.54) is 0 Å². The van der Waals surface area contributed by atoms with Gasteiger partial charge in [0.2, 0.25) is 0 Å². The van der Waals surface area contributed by atoms with Crippen molar-refractivity contribution in [3.05, 3.63) is 61.2 Å². The lowest BCUT2D eigenvalue weighted by Crippen LogP contribution is -2.25. The van der Waals surface area contributed by atoms with Gasteiger partial charge in [-0.1, -0.05) is 43.0 Å². The molecule has 1 aromatic rings. The average Bonchev–Trinajstić information content (AvgIpc) is 2.39. The van der Waals surface area contributed by atoms with Gasteiger partial charge in [0.05, 0.1) is 13.2 Å². The monoisotopic (exact) mass is 232 g/mol. The molecular weight excluding hydrogens is 214 g/mol. The highest BCUT2D eigenvalue weighted by Crippen LogP contribution is 2.03. The predicted molar refractivity (Wildman–Crippen MR) is 68.4 cm³/mol. The van der Waals surface area contributed by atoms with Crippen LogP contribution >= 0.6 is 0 Å². The van der Waals surface area contributed by atoms with Crippen molar-refractivity contribution >= 4 is 0 Å². The number of benzene rings is 1. The Morgan fingerprint density at radius 1 is 1.24 bits per heavy atom. The quantitative estimate of drug-likeness (QED) is 0.484. The Kier molecular flexibility index (Phi) is 6.98. The van der Waals surface area contributed by atoms with Gasteiger partial charge in [-0.2, -0.15) is 5.32 Å². The molecule has 0 spiro atoms. The van der Waals surface area contributed by atoms with E-state index in [0.29, 0.717) is 13.2 Å². The minimum atomic E-state index is -0.333. The van der Waals surface area contributed by atoms with Gasteiger partial charge in [0.25, 0.3) is 0 Å². The maximum atomic E-state index is 5.57. The van der Waals surface area contributed by atoms with E-state index < -0.39 is 0 Å². The fraction of sp³-hybridized carbons (Fsp3) is 0.286. The van der Waals surface area contributed by atoms with Crippen LogP contribution < -0.4 is 5.32 Å². The summed E-state index contributed by atoms with van der Waals surface area (Å²) in [7, 11) is 0. The van der Waals surface area contributed by atoms with Crippen LogP contribution in [0.3, 0.4) is 0 Å². The van der Waals surface area contributed by atoms with E-state index in [1.54, 1.807) is 12.2 Å². The van der Waals surface area contributed by atoms with E-state index in [1.807, 2.05) is 30.3 Å². The van der Waals surface area contributed by atoms with Crippen LogP contribution in [0.4, 0.5) is 0 Å². The lowest BCUT2D eigenvalue weighted by molar-refractivity contribution is 0.0151. The van der Waals surface area contributed by atoms with Crippen LogP contribution in [0.15, 0.2) is 55.6 Å². The van der Waals surface area contributed by atoms with Crippen LogP contribution in [0.1, 0.15) is 5.56 Å². The van der Waals surface area contributed by atoms with Gasteiger partial charge < -0.3 is 9.47 Å². The van der Waals surface area contributed by atoms with Crippen molar-refractivity contribution in [2.45, 2.75) is 12.8 Å². The third kappa shape index (κ3) is 6.02. The van der Waals surface area contributed by atoms with Gasteiger partial charge in [-0.3, -0.25) is 0 Å². The summed E-state index contributed by atoms with van der Waals surface area (Å²) in [5, 5.41) is 4.18. The summed E-state index contributed by atoms with van der Waals surface area (Å²) >= 11 is 0.